The van der Waals surface area contributed by atoms with Crippen LogP contribution in [0.3, 0.4) is 0 Å². The largest absolute Gasteiger partial charge is 0.326 e. The molecule has 2 atom stereocenters. The molecule has 3 fully saturated rings. The number of nitrogens with zero attached hydrogens (tertiary/aromatic N) is 3. The van der Waals surface area contributed by atoms with E-state index in [0.29, 0.717) is 12.1 Å². The van der Waals surface area contributed by atoms with Crippen LogP contribution < -0.4 is 10.6 Å². The minimum Gasteiger partial charge on any atom is -0.326 e. The smallest absolute Gasteiger partial charge is 0.247 e. The second-order valence-corrected chi connectivity index (χ2v) is 8.00. The van der Waals surface area contributed by atoms with E-state index >= 15 is 0 Å². The number of hydrogen-bond acceptors (Lipinski definition) is 4. The lowest BCUT2D eigenvalue weighted by molar-refractivity contribution is -0.119. The Balaban J connectivity index is 1.48. The molecule has 24 heavy (non-hydrogen) atoms. The van der Waals surface area contributed by atoms with Gasteiger partial charge in [0.05, 0.1) is 6.67 Å². The lowest BCUT2D eigenvalue weighted by Gasteiger charge is -2.21. The highest BCUT2D eigenvalue weighted by molar-refractivity contribution is 6.00. The third kappa shape index (κ3) is 2.65. The van der Waals surface area contributed by atoms with Crippen molar-refractivity contribution in [2.45, 2.75) is 43.2 Å². The van der Waals surface area contributed by atoms with Crippen molar-refractivity contribution in [3.8, 4) is 0 Å². The average Bonchev–Trinajstić information content (AvgIpc) is 3.17. The van der Waals surface area contributed by atoms with Gasteiger partial charge >= 0.3 is 0 Å². The van der Waals surface area contributed by atoms with Crippen LogP contribution in [0.5, 0.6) is 0 Å². The number of rotatable bonds is 5. The summed E-state index contributed by atoms with van der Waals surface area (Å²) >= 11 is 0. The lowest BCUT2D eigenvalue weighted by atomic mass is 9.92. The molecule has 0 aromatic heterocycles. The number of benzene rings is 1. The van der Waals surface area contributed by atoms with Crippen LogP contribution in [0.15, 0.2) is 24.3 Å². The molecule has 2 aliphatic heterocycles. The van der Waals surface area contributed by atoms with Gasteiger partial charge in [-0.3, -0.25) is 14.6 Å². The molecule has 0 bridgehead atoms. The highest BCUT2D eigenvalue weighted by Crippen LogP contribution is 2.51. The van der Waals surface area contributed by atoms with E-state index < -0.39 is 0 Å². The maximum Gasteiger partial charge on any atom is 0.247 e. The Morgan fingerprint density at radius 1 is 1.25 bits per heavy atom. The van der Waals surface area contributed by atoms with E-state index in [4.69, 9.17) is 5.73 Å². The van der Waals surface area contributed by atoms with Crippen LogP contribution >= 0.6 is 0 Å². The number of carbonyl (C=O) groups excluding carboxylic acids is 1. The molecule has 1 aromatic carbocycles. The zero-order chi connectivity index (χ0) is 16.9. The molecule has 1 aliphatic carbocycles. The van der Waals surface area contributed by atoms with Crippen molar-refractivity contribution in [1.82, 2.24) is 9.80 Å². The van der Waals surface area contributed by atoms with Crippen LogP contribution in [0.25, 0.3) is 0 Å². The van der Waals surface area contributed by atoms with E-state index in [9.17, 15) is 4.79 Å². The fourth-order valence-corrected chi connectivity index (χ4v) is 4.27. The molecule has 1 saturated carbocycles. The van der Waals surface area contributed by atoms with Crippen LogP contribution in [0.1, 0.15) is 31.2 Å². The van der Waals surface area contributed by atoms with Crippen LogP contribution in [0.2, 0.25) is 0 Å². The topological polar surface area (TPSA) is 52.8 Å². The molecule has 5 heteroatoms. The SMILES string of the molecule is CN(C)CCC1(c2ccc(N3CN4CC[C@@H](N)[C@H]4C3=O)cc2)CC1. The molecule has 2 heterocycles. The van der Waals surface area contributed by atoms with E-state index in [0.717, 1.165) is 25.2 Å². The Labute approximate surface area is 144 Å². The van der Waals surface area contributed by atoms with E-state index in [1.54, 1.807) is 0 Å². The van der Waals surface area contributed by atoms with Crippen molar-refractivity contribution >= 4 is 11.6 Å². The van der Waals surface area contributed by atoms with Gasteiger partial charge < -0.3 is 10.6 Å². The summed E-state index contributed by atoms with van der Waals surface area (Å²) in [6, 6.07) is 8.58. The molecule has 1 amide bonds. The van der Waals surface area contributed by atoms with E-state index in [1.165, 1.54) is 24.8 Å². The van der Waals surface area contributed by atoms with Crippen molar-refractivity contribution in [2.75, 3.05) is 38.8 Å². The van der Waals surface area contributed by atoms with Gasteiger partial charge in [-0.25, -0.2) is 0 Å². The monoisotopic (exact) mass is 328 g/mol. The Hall–Kier alpha value is -1.43. The Morgan fingerprint density at radius 3 is 2.54 bits per heavy atom. The minimum absolute atomic E-state index is 0.0115. The lowest BCUT2D eigenvalue weighted by Crippen LogP contribution is -2.41. The predicted molar refractivity (Wildman–Crippen MR) is 96.0 cm³/mol. The molecule has 1 aromatic rings. The summed E-state index contributed by atoms with van der Waals surface area (Å²) in [4.78, 5) is 19.0. The standard InChI is InChI=1S/C19H28N4O/c1-21(2)12-10-19(8-9-19)14-3-5-15(6-4-14)23-13-22-11-7-16(20)17(22)18(23)24/h3-6,16-17H,7-13,20H2,1-2H3/t16-,17+/m1/s1. The average molecular weight is 328 g/mol. The van der Waals surface area contributed by atoms with Crippen molar-refractivity contribution < 1.29 is 4.79 Å². The molecular weight excluding hydrogens is 300 g/mol. The second-order valence-electron chi connectivity index (χ2n) is 8.00. The van der Waals surface area contributed by atoms with Gasteiger partial charge in [-0.2, -0.15) is 0 Å². The molecular formula is C19H28N4O. The third-order valence-corrected chi connectivity index (χ3v) is 6.07. The van der Waals surface area contributed by atoms with E-state index in [2.05, 4.69) is 48.2 Å². The van der Waals surface area contributed by atoms with E-state index in [1.807, 2.05) is 4.90 Å². The fourth-order valence-electron chi connectivity index (χ4n) is 4.27. The summed E-state index contributed by atoms with van der Waals surface area (Å²) in [6.07, 6.45) is 4.71. The molecule has 3 aliphatic rings. The molecule has 2 saturated heterocycles. The maximum atomic E-state index is 12.7. The number of amides is 1. The predicted octanol–water partition coefficient (Wildman–Crippen LogP) is 1.38. The second kappa shape index (κ2) is 5.83. The first-order valence-corrected chi connectivity index (χ1v) is 9.06. The van der Waals surface area contributed by atoms with Gasteiger partial charge in [-0.15, -0.1) is 0 Å². The summed E-state index contributed by atoms with van der Waals surface area (Å²) in [7, 11) is 4.27. The first-order valence-electron chi connectivity index (χ1n) is 9.06. The van der Waals surface area contributed by atoms with Gasteiger partial charge in [0, 0.05) is 18.3 Å². The highest BCUT2D eigenvalue weighted by Gasteiger charge is 2.47. The molecule has 0 radical (unpaired) electrons. The molecule has 2 N–H and O–H groups in total. The summed E-state index contributed by atoms with van der Waals surface area (Å²) in [5.41, 5.74) is 8.92. The summed E-state index contributed by atoms with van der Waals surface area (Å²) in [5, 5.41) is 0. The molecule has 0 spiro atoms. The summed E-state index contributed by atoms with van der Waals surface area (Å²) < 4.78 is 0. The van der Waals surface area contributed by atoms with Crippen molar-refractivity contribution in [1.29, 1.82) is 0 Å². The number of carbonyl (C=O) groups is 1. The van der Waals surface area contributed by atoms with E-state index in [-0.39, 0.29) is 18.0 Å². The molecule has 5 nitrogen and oxygen atoms in total. The summed E-state index contributed by atoms with van der Waals surface area (Å²) in [5.74, 6) is 0.168. The molecule has 4 rings (SSSR count). The number of anilines is 1. The number of fused-ring (bicyclic) bond motifs is 1. The van der Waals surface area contributed by atoms with Crippen LogP contribution in [-0.4, -0.2) is 61.6 Å². The molecule has 130 valence electrons. The van der Waals surface area contributed by atoms with Gasteiger partial charge in [0.2, 0.25) is 5.91 Å². The van der Waals surface area contributed by atoms with Gasteiger partial charge in [-0.05, 0) is 69.4 Å². The fraction of sp³-hybridized carbons (Fsp3) is 0.632. The van der Waals surface area contributed by atoms with Gasteiger partial charge in [-0.1, -0.05) is 12.1 Å². The zero-order valence-electron chi connectivity index (χ0n) is 14.7. The van der Waals surface area contributed by atoms with Crippen molar-refractivity contribution in [3.05, 3.63) is 29.8 Å². The maximum absolute atomic E-state index is 12.7. The van der Waals surface area contributed by atoms with Crippen LogP contribution in [0, 0.1) is 0 Å². The quantitative estimate of drug-likeness (QED) is 0.887. The highest BCUT2D eigenvalue weighted by atomic mass is 16.2. The van der Waals surface area contributed by atoms with Gasteiger partial charge in [0.1, 0.15) is 6.04 Å². The normalized spacial score (nSPS) is 28.7. The molecule has 0 unspecified atom stereocenters. The van der Waals surface area contributed by atoms with Gasteiger partial charge in [0.25, 0.3) is 0 Å². The van der Waals surface area contributed by atoms with Gasteiger partial charge in [0.15, 0.2) is 0 Å². The first kappa shape index (κ1) is 16.1. The Bertz CT molecular complexity index is 623. The van der Waals surface area contributed by atoms with Crippen molar-refractivity contribution in [2.24, 2.45) is 5.73 Å². The first-order chi connectivity index (χ1) is 11.5. The van der Waals surface area contributed by atoms with Crippen LogP contribution in [0.4, 0.5) is 5.69 Å². The zero-order valence-corrected chi connectivity index (χ0v) is 14.7. The summed E-state index contributed by atoms with van der Waals surface area (Å²) in [6.45, 7) is 2.74. The number of nitrogens with two attached hydrogens (primary N) is 1. The third-order valence-electron chi connectivity index (χ3n) is 6.07. The Kier molecular flexibility index (Phi) is 3.90. The minimum atomic E-state index is -0.112. The van der Waals surface area contributed by atoms with Crippen LogP contribution in [-0.2, 0) is 10.2 Å². The number of hydrogen-bond donors (Lipinski definition) is 1. The Morgan fingerprint density at radius 2 is 1.96 bits per heavy atom. The van der Waals surface area contributed by atoms with Crippen molar-refractivity contribution in [3.63, 3.8) is 0 Å².